The van der Waals surface area contributed by atoms with Crippen LogP contribution in [0, 0.1) is 6.85 Å². The molecule has 0 atom stereocenters. The van der Waals surface area contributed by atoms with E-state index in [0.717, 1.165) is 71.2 Å². The SMILES string of the molecule is [2H]c1c([2H])c([2H])c2c3c(sc2c1C(C)(C)C)N(c1ccc(C(C)(C)C)cc1-c1ccccc1)c1cc(C([2H])([2H])[2H])cc2c1B3c1ccc([Si](C)(C)C)cc1N2c1ccc(C(C)(C)C)cc1. The van der Waals surface area contributed by atoms with Crippen molar-refractivity contribution >= 4 is 91.2 Å². The standard InChI is InChI=1S/C54H59BN2SSi/c1-34-30-46-49-47(31-34)57(44-29-24-37(53(5,6)7)32-41(44)35-18-15-14-16-19-35)51-48(40-20-17-21-42(50(40)58-51)54(8,9)10)55(49)43-28-27-39(59(11,12)13)33-45(43)56(46)38-25-22-36(23-26-38)52(2,3)4/h14-33H,1-13H3/i1D3,17D,20D,21D. The van der Waals surface area contributed by atoms with Crippen molar-refractivity contribution in [3.05, 3.63) is 144 Å². The average Bonchev–Trinajstić information content (AvgIpc) is 3.60. The fourth-order valence-corrected chi connectivity index (χ4v) is 11.7. The Morgan fingerprint density at radius 3 is 1.92 bits per heavy atom. The zero-order valence-electron chi connectivity index (χ0n) is 42.7. The molecule has 0 unspecified atom stereocenters. The molecule has 0 N–H and O–H groups in total. The molecule has 0 saturated heterocycles. The summed E-state index contributed by atoms with van der Waals surface area (Å²) in [6.07, 6.45) is 0. The summed E-state index contributed by atoms with van der Waals surface area (Å²) in [6.45, 7) is 23.8. The first kappa shape index (κ1) is 32.9. The molecule has 298 valence electrons. The molecule has 0 spiro atoms. The molecule has 9 rings (SSSR count). The second-order valence-electron chi connectivity index (χ2n) is 20.7. The van der Waals surface area contributed by atoms with Crippen molar-refractivity contribution in [2.45, 2.75) is 105 Å². The van der Waals surface area contributed by atoms with Crippen LogP contribution in [-0.2, 0) is 16.2 Å². The average molecular weight is 813 g/mol. The molecule has 2 aliphatic heterocycles. The molecule has 0 radical (unpaired) electrons. The van der Waals surface area contributed by atoms with Gasteiger partial charge in [0.2, 0.25) is 0 Å². The van der Waals surface area contributed by atoms with Crippen molar-refractivity contribution in [3.8, 4) is 11.1 Å². The lowest BCUT2D eigenvalue weighted by Gasteiger charge is -2.44. The maximum atomic E-state index is 9.81. The summed E-state index contributed by atoms with van der Waals surface area (Å²) in [5, 5.41) is 2.85. The van der Waals surface area contributed by atoms with E-state index in [0.29, 0.717) is 5.39 Å². The van der Waals surface area contributed by atoms with E-state index in [-0.39, 0.29) is 34.5 Å². The number of hydrogen-bond acceptors (Lipinski definition) is 3. The third-order valence-corrected chi connectivity index (χ3v) is 15.6. The molecule has 0 fully saturated rings. The molecule has 5 heteroatoms. The van der Waals surface area contributed by atoms with Gasteiger partial charge in [-0.05, 0) is 115 Å². The molecule has 7 aromatic rings. The molecular formula is C54H59BN2SSi. The quantitative estimate of drug-likeness (QED) is 0.163. The molecule has 0 saturated carbocycles. The van der Waals surface area contributed by atoms with Gasteiger partial charge >= 0.3 is 0 Å². The van der Waals surface area contributed by atoms with Crippen LogP contribution in [0.4, 0.5) is 33.4 Å². The smallest absolute Gasteiger partial charge is 0.254 e. The zero-order chi connectivity index (χ0) is 47.1. The lowest BCUT2D eigenvalue weighted by molar-refractivity contribution is 0.590. The first-order valence-electron chi connectivity index (χ1n) is 24.0. The number of anilines is 6. The van der Waals surface area contributed by atoms with Crippen LogP contribution in [0.15, 0.2) is 121 Å². The van der Waals surface area contributed by atoms with Gasteiger partial charge in [0, 0.05) is 37.1 Å². The van der Waals surface area contributed by atoms with E-state index in [1.807, 2.05) is 18.2 Å². The molecular weight excluding hydrogens is 748 g/mol. The van der Waals surface area contributed by atoms with Gasteiger partial charge in [-0.3, -0.25) is 0 Å². The third kappa shape index (κ3) is 6.60. The Kier molecular flexibility index (Phi) is 7.59. The Morgan fingerprint density at radius 2 is 1.29 bits per heavy atom. The van der Waals surface area contributed by atoms with E-state index < -0.39 is 27.1 Å². The number of hydrogen-bond donors (Lipinski definition) is 0. The first-order valence-corrected chi connectivity index (χ1v) is 25.3. The molecule has 1 aromatic heterocycles. The Morgan fingerprint density at radius 1 is 0.627 bits per heavy atom. The van der Waals surface area contributed by atoms with Gasteiger partial charge in [0.25, 0.3) is 6.71 Å². The van der Waals surface area contributed by atoms with Crippen molar-refractivity contribution in [1.82, 2.24) is 0 Å². The van der Waals surface area contributed by atoms with Gasteiger partial charge in [-0.1, -0.05) is 166 Å². The topological polar surface area (TPSA) is 6.48 Å². The monoisotopic (exact) mass is 812 g/mol. The van der Waals surface area contributed by atoms with E-state index in [2.05, 4.69) is 177 Å². The van der Waals surface area contributed by atoms with Gasteiger partial charge < -0.3 is 9.80 Å². The van der Waals surface area contributed by atoms with Gasteiger partial charge in [-0.2, -0.15) is 0 Å². The number of aryl methyl sites for hydroxylation is 1. The molecule has 3 heterocycles. The van der Waals surface area contributed by atoms with Crippen molar-refractivity contribution < 1.29 is 8.22 Å². The van der Waals surface area contributed by atoms with E-state index in [9.17, 15) is 4.11 Å². The highest BCUT2D eigenvalue weighted by molar-refractivity contribution is 7.27. The van der Waals surface area contributed by atoms with Crippen LogP contribution in [0.2, 0.25) is 19.6 Å². The van der Waals surface area contributed by atoms with E-state index in [1.54, 1.807) is 11.3 Å². The second kappa shape index (κ2) is 13.6. The largest absolute Gasteiger partial charge is 0.311 e. The van der Waals surface area contributed by atoms with Crippen molar-refractivity contribution in [2.75, 3.05) is 9.80 Å². The van der Waals surface area contributed by atoms with Crippen LogP contribution in [0.25, 0.3) is 21.2 Å². The number of thiophene rings is 1. The first-order chi connectivity index (χ1) is 30.2. The summed E-state index contributed by atoms with van der Waals surface area (Å²) in [4.78, 5) is 4.55. The van der Waals surface area contributed by atoms with Gasteiger partial charge in [-0.15, -0.1) is 11.3 Å². The molecule has 2 nitrogen and oxygen atoms in total. The lowest BCUT2D eigenvalue weighted by atomic mass is 9.33. The number of fused-ring (bicyclic) bond motifs is 6. The number of benzene rings is 6. The van der Waals surface area contributed by atoms with Crippen LogP contribution < -0.4 is 31.4 Å². The number of nitrogens with zero attached hydrogens (tertiary/aromatic N) is 2. The predicted octanol–water partition coefficient (Wildman–Crippen LogP) is 13.4. The Bertz CT molecular complexity index is 3060. The summed E-state index contributed by atoms with van der Waals surface area (Å²) in [5.74, 6) is 0. The van der Waals surface area contributed by atoms with Crippen LogP contribution in [0.3, 0.4) is 0 Å². The van der Waals surface area contributed by atoms with Gasteiger partial charge in [0.15, 0.2) is 0 Å². The molecule has 0 aliphatic carbocycles. The maximum absolute atomic E-state index is 9.81. The molecule has 59 heavy (non-hydrogen) atoms. The Labute approximate surface area is 367 Å². The molecule has 2 aliphatic rings. The van der Waals surface area contributed by atoms with Crippen molar-refractivity contribution in [3.63, 3.8) is 0 Å². The molecule has 0 amide bonds. The Balaban J connectivity index is 1.50. The normalized spacial score (nSPS) is 15.8. The van der Waals surface area contributed by atoms with Crippen LogP contribution in [-0.4, -0.2) is 14.8 Å². The number of rotatable bonds is 4. The highest BCUT2D eigenvalue weighted by Gasteiger charge is 2.46. The van der Waals surface area contributed by atoms with Crippen molar-refractivity contribution in [1.29, 1.82) is 0 Å². The van der Waals surface area contributed by atoms with E-state index >= 15 is 0 Å². The summed E-state index contributed by atoms with van der Waals surface area (Å²) >= 11 is 1.57. The fraction of sp³-hybridized carbons (Fsp3) is 0.296. The van der Waals surface area contributed by atoms with Crippen molar-refractivity contribution in [2.24, 2.45) is 0 Å². The zero-order valence-corrected chi connectivity index (χ0v) is 38.5. The maximum Gasteiger partial charge on any atom is 0.254 e. The van der Waals surface area contributed by atoms with Gasteiger partial charge in [0.1, 0.15) is 0 Å². The lowest BCUT2D eigenvalue weighted by Crippen LogP contribution is -2.61. The predicted molar refractivity (Wildman–Crippen MR) is 265 cm³/mol. The minimum absolute atomic E-state index is 0.0476. The summed E-state index contributed by atoms with van der Waals surface area (Å²) in [6, 6.07) is 36.5. The minimum Gasteiger partial charge on any atom is -0.311 e. The van der Waals surface area contributed by atoms with E-state index in [4.69, 9.17) is 4.11 Å². The second-order valence-corrected chi connectivity index (χ2v) is 26.8. The highest BCUT2D eigenvalue weighted by atomic mass is 32.1. The van der Waals surface area contributed by atoms with Crippen LogP contribution in [0.1, 0.15) is 92.8 Å². The summed E-state index contributed by atoms with van der Waals surface area (Å²) in [5.41, 5.74) is 12.0. The fourth-order valence-electron chi connectivity index (χ4n) is 9.01. The molecule has 0 bridgehead atoms. The van der Waals surface area contributed by atoms with Gasteiger partial charge in [-0.25, -0.2) is 0 Å². The molecule has 6 aromatic carbocycles. The van der Waals surface area contributed by atoms with E-state index in [1.165, 1.54) is 16.3 Å². The Hall–Kier alpha value is -4.84. The van der Waals surface area contributed by atoms with Crippen LogP contribution >= 0.6 is 11.3 Å². The van der Waals surface area contributed by atoms with Gasteiger partial charge in [0.05, 0.1) is 22.9 Å². The highest BCUT2D eigenvalue weighted by Crippen LogP contribution is 2.51. The summed E-state index contributed by atoms with van der Waals surface area (Å²) in [7, 11) is -1.88. The minimum atomic E-state index is -2.44. The third-order valence-electron chi connectivity index (χ3n) is 12.3. The summed E-state index contributed by atoms with van der Waals surface area (Å²) < 4.78 is 56.5. The van der Waals surface area contributed by atoms with Crippen LogP contribution in [0.5, 0.6) is 0 Å².